The fourth-order valence-corrected chi connectivity index (χ4v) is 3.62. The zero-order valence-electron chi connectivity index (χ0n) is 14.6. The molecule has 2 aliphatic rings. The Hall–Kier alpha value is -2.02. The molecule has 2 aromatic rings. The van der Waals surface area contributed by atoms with Crippen molar-refractivity contribution in [3.8, 4) is 5.88 Å². The summed E-state index contributed by atoms with van der Waals surface area (Å²) in [5.74, 6) is 2.13. The first-order chi connectivity index (χ1) is 12.2. The summed E-state index contributed by atoms with van der Waals surface area (Å²) in [4.78, 5) is 6.49. The number of halogens is 1. The topological polar surface area (TPSA) is 56.1 Å². The predicted octanol–water partition coefficient (Wildman–Crippen LogP) is 2.44. The van der Waals surface area contributed by atoms with Crippen LogP contribution in [0.1, 0.15) is 37.8 Å². The molecule has 25 heavy (non-hydrogen) atoms. The van der Waals surface area contributed by atoms with Crippen molar-refractivity contribution in [1.29, 1.82) is 0 Å². The monoisotopic (exact) mass is 345 g/mol. The number of fused-ring (bicyclic) bond motifs is 1. The van der Waals surface area contributed by atoms with Crippen molar-refractivity contribution < 1.29 is 9.13 Å². The summed E-state index contributed by atoms with van der Waals surface area (Å²) in [7, 11) is 0. The van der Waals surface area contributed by atoms with Gasteiger partial charge in [-0.15, -0.1) is 10.2 Å². The van der Waals surface area contributed by atoms with E-state index in [0.717, 1.165) is 37.1 Å². The maximum absolute atomic E-state index is 13.6. The van der Waals surface area contributed by atoms with E-state index in [-0.39, 0.29) is 12.5 Å². The Bertz CT molecular complexity index is 730. The van der Waals surface area contributed by atoms with Crippen molar-refractivity contribution >= 4 is 0 Å². The first-order valence-corrected chi connectivity index (χ1v) is 9.09. The van der Waals surface area contributed by atoms with Gasteiger partial charge in [0.05, 0.1) is 0 Å². The number of hydrogen-bond donors (Lipinski definition) is 0. The maximum atomic E-state index is 13.6. The average Bonchev–Trinajstić information content (AvgIpc) is 2.86. The van der Waals surface area contributed by atoms with Crippen LogP contribution in [-0.2, 0) is 19.6 Å². The summed E-state index contributed by atoms with van der Waals surface area (Å²) >= 11 is 0. The molecule has 2 aromatic heterocycles. The molecule has 1 atom stereocenters. The molecule has 1 fully saturated rings. The Kier molecular flexibility index (Phi) is 4.65. The third-order valence-electron chi connectivity index (χ3n) is 5.40. The Morgan fingerprint density at radius 1 is 1.28 bits per heavy atom. The van der Waals surface area contributed by atoms with Gasteiger partial charge in [0.1, 0.15) is 12.4 Å². The number of ether oxygens (including phenoxy) is 1. The minimum atomic E-state index is -0.460. The van der Waals surface area contributed by atoms with Crippen LogP contribution in [0.4, 0.5) is 4.39 Å². The van der Waals surface area contributed by atoms with E-state index in [2.05, 4.69) is 31.6 Å². The molecule has 0 saturated heterocycles. The molecule has 0 amide bonds. The van der Waals surface area contributed by atoms with Gasteiger partial charge in [0, 0.05) is 38.3 Å². The first-order valence-electron chi connectivity index (χ1n) is 9.09. The molecule has 6 nitrogen and oxygen atoms in total. The standard InChI is InChI=1S/C18H24FN5O/c1-13-10-16-21-22-17(12-25-18-15(19)6-3-7-20-18)24(16)9-8-23(13)11-14-4-2-5-14/h3,6-7,13-14H,2,4-5,8-12H2,1H3/t13-/m1/s1. The maximum Gasteiger partial charge on any atom is 0.250 e. The van der Waals surface area contributed by atoms with Crippen LogP contribution in [0.3, 0.4) is 0 Å². The molecule has 0 radical (unpaired) electrons. The van der Waals surface area contributed by atoms with Gasteiger partial charge in [0.25, 0.3) is 5.88 Å². The normalized spacial score (nSPS) is 21.4. The van der Waals surface area contributed by atoms with Gasteiger partial charge in [0.15, 0.2) is 11.6 Å². The highest BCUT2D eigenvalue weighted by molar-refractivity contribution is 5.13. The van der Waals surface area contributed by atoms with Crippen molar-refractivity contribution in [2.45, 2.75) is 51.8 Å². The lowest BCUT2D eigenvalue weighted by Gasteiger charge is -2.34. The van der Waals surface area contributed by atoms with E-state index in [4.69, 9.17) is 4.74 Å². The lowest BCUT2D eigenvalue weighted by atomic mass is 9.85. The molecule has 1 saturated carbocycles. The average molecular weight is 345 g/mol. The molecular weight excluding hydrogens is 321 g/mol. The van der Waals surface area contributed by atoms with E-state index in [9.17, 15) is 4.39 Å². The van der Waals surface area contributed by atoms with E-state index in [1.807, 2.05) is 0 Å². The molecule has 1 aliphatic heterocycles. The SMILES string of the molecule is C[C@@H]1Cc2nnc(COc3ncccc3F)n2CCN1CC1CCC1. The summed E-state index contributed by atoms with van der Waals surface area (Å²) in [6, 6.07) is 3.35. The van der Waals surface area contributed by atoms with E-state index < -0.39 is 5.82 Å². The van der Waals surface area contributed by atoms with Crippen molar-refractivity contribution in [3.63, 3.8) is 0 Å². The Labute approximate surface area is 147 Å². The highest BCUT2D eigenvalue weighted by Crippen LogP contribution is 2.28. The predicted molar refractivity (Wildman–Crippen MR) is 90.6 cm³/mol. The smallest absolute Gasteiger partial charge is 0.250 e. The summed E-state index contributed by atoms with van der Waals surface area (Å²) < 4.78 is 21.3. The van der Waals surface area contributed by atoms with Crippen LogP contribution in [0.5, 0.6) is 5.88 Å². The van der Waals surface area contributed by atoms with Gasteiger partial charge in [-0.1, -0.05) is 6.42 Å². The highest BCUT2D eigenvalue weighted by atomic mass is 19.1. The van der Waals surface area contributed by atoms with Crippen LogP contribution in [-0.4, -0.2) is 43.8 Å². The van der Waals surface area contributed by atoms with Gasteiger partial charge in [-0.2, -0.15) is 0 Å². The molecule has 3 heterocycles. The fraction of sp³-hybridized carbons (Fsp3) is 0.611. The summed E-state index contributed by atoms with van der Waals surface area (Å²) in [6.07, 6.45) is 6.51. The van der Waals surface area contributed by atoms with Crippen LogP contribution in [0, 0.1) is 11.7 Å². The minimum Gasteiger partial charge on any atom is -0.467 e. The van der Waals surface area contributed by atoms with E-state index in [1.165, 1.54) is 38.1 Å². The Morgan fingerprint density at radius 3 is 2.92 bits per heavy atom. The van der Waals surface area contributed by atoms with Crippen molar-refractivity contribution in [2.75, 3.05) is 13.1 Å². The second-order valence-corrected chi connectivity index (χ2v) is 7.11. The molecule has 0 N–H and O–H groups in total. The molecule has 0 unspecified atom stereocenters. The lowest BCUT2D eigenvalue weighted by molar-refractivity contribution is 0.141. The molecule has 134 valence electrons. The largest absolute Gasteiger partial charge is 0.467 e. The molecule has 1 aliphatic carbocycles. The van der Waals surface area contributed by atoms with Crippen LogP contribution in [0.2, 0.25) is 0 Å². The van der Waals surface area contributed by atoms with E-state index >= 15 is 0 Å². The third kappa shape index (κ3) is 3.51. The Balaban J connectivity index is 1.43. The van der Waals surface area contributed by atoms with Crippen LogP contribution in [0.15, 0.2) is 18.3 Å². The molecule has 0 bridgehead atoms. The molecular formula is C18H24FN5O. The van der Waals surface area contributed by atoms with Crippen molar-refractivity contribution in [1.82, 2.24) is 24.6 Å². The zero-order valence-corrected chi connectivity index (χ0v) is 14.6. The van der Waals surface area contributed by atoms with Gasteiger partial charge in [-0.3, -0.25) is 4.90 Å². The van der Waals surface area contributed by atoms with Gasteiger partial charge in [0.2, 0.25) is 0 Å². The van der Waals surface area contributed by atoms with Gasteiger partial charge in [-0.25, -0.2) is 9.37 Å². The van der Waals surface area contributed by atoms with Gasteiger partial charge < -0.3 is 9.30 Å². The number of pyridine rings is 1. The van der Waals surface area contributed by atoms with E-state index in [0.29, 0.717) is 6.04 Å². The van der Waals surface area contributed by atoms with Crippen LogP contribution >= 0.6 is 0 Å². The Morgan fingerprint density at radius 2 is 2.16 bits per heavy atom. The highest BCUT2D eigenvalue weighted by Gasteiger charge is 2.28. The number of rotatable bonds is 5. The second kappa shape index (κ2) is 7.07. The molecule has 0 spiro atoms. The fourth-order valence-electron chi connectivity index (χ4n) is 3.62. The van der Waals surface area contributed by atoms with Crippen molar-refractivity contribution in [2.24, 2.45) is 5.92 Å². The lowest BCUT2D eigenvalue weighted by Crippen LogP contribution is -2.40. The second-order valence-electron chi connectivity index (χ2n) is 7.11. The minimum absolute atomic E-state index is 0.00782. The summed E-state index contributed by atoms with van der Waals surface area (Å²) in [5.41, 5.74) is 0. The zero-order chi connectivity index (χ0) is 17.2. The van der Waals surface area contributed by atoms with Crippen molar-refractivity contribution in [3.05, 3.63) is 35.8 Å². The molecule has 0 aromatic carbocycles. The molecule has 4 rings (SSSR count). The molecule has 7 heteroatoms. The summed E-state index contributed by atoms with van der Waals surface area (Å²) in [6.45, 7) is 5.47. The number of hydrogen-bond acceptors (Lipinski definition) is 5. The van der Waals surface area contributed by atoms with Gasteiger partial charge in [-0.05, 0) is 37.8 Å². The summed E-state index contributed by atoms with van der Waals surface area (Å²) in [5, 5.41) is 8.59. The third-order valence-corrected chi connectivity index (χ3v) is 5.40. The number of nitrogens with zero attached hydrogens (tertiary/aromatic N) is 5. The van der Waals surface area contributed by atoms with Crippen LogP contribution < -0.4 is 4.74 Å². The quantitative estimate of drug-likeness (QED) is 0.833. The van der Waals surface area contributed by atoms with Crippen LogP contribution in [0.25, 0.3) is 0 Å². The van der Waals surface area contributed by atoms with Gasteiger partial charge >= 0.3 is 0 Å². The number of aromatic nitrogens is 4. The van der Waals surface area contributed by atoms with E-state index in [1.54, 1.807) is 6.07 Å². The first kappa shape index (κ1) is 16.4.